The van der Waals surface area contributed by atoms with Crippen molar-refractivity contribution in [1.29, 1.82) is 0 Å². The Hall–Kier alpha value is -2.97. The summed E-state index contributed by atoms with van der Waals surface area (Å²) in [5, 5.41) is 16.3. The van der Waals surface area contributed by atoms with Crippen LogP contribution in [-0.4, -0.2) is 62.1 Å². The third kappa shape index (κ3) is 2.85. The summed E-state index contributed by atoms with van der Waals surface area (Å²) in [5.41, 5.74) is 0.296. The predicted molar refractivity (Wildman–Crippen MR) is 77.3 cm³/mol. The van der Waals surface area contributed by atoms with Gasteiger partial charge in [-0.15, -0.1) is 5.10 Å². The molecular weight excluding hydrogens is 302 g/mol. The van der Waals surface area contributed by atoms with Gasteiger partial charge in [-0.2, -0.15) is 0 Å². The second-order valence-electron chi connectivity index (χ2n) is 5.14. The van der Waals surface area contributed by atoms with Crippen molar-refractivity contribution in [2.24, 2.45) is 0 Å². The van der Waals surface area contributed by atoms with Gasteiger partial charge in [0.2, 0.25) is 5.88 Å². The lowest BCUT2D eigenvalue weighted by Crippen LogP contribution is -2.29. The molecule has 1 amide bonds. The number of amides is 1. The number of rotatable bonds is 4. The Balaban J connectivity index is 1.74. The normalized spacial score (nSPS) is 17.3. The van der Waals surface area contributed by atoms with Crippen molar-refractivity contribution in [3.63, 3.8) is 0 Å². The highest BCUT2D eigenvalue weighted by atomic mass is 16.5. The maximum absolute atomic E-state index is 12.6. The van der Waals surface area contributed by atoms with Crippen molar-refractivity contribution in [2.75, 3.05) is 20.2 Å². The standard InChI is InChI=1S/C14H15N5O4/c1-23-12-10(3-2-5-15-12)13(20)18-6-4-9(7-18)19-8-11(14(21)22)16-17-19/h2-3,5,8-9H,4,6-7H2,1H3,(H,21,22). The first-order chi connectivity index (χ1) is 11.1. The summed E-state index contributed by atoms with van der Waals surface area (Å²) in [5.74, 6) is -1.01. The van der Waals surface area contributed by atoms with Crippen LogP contribution in [0.5, 0.6) is 5.88 Å². The first-order valence-corrected chi connectivity index (χ1v) is 7.03. The number of nitrogens with zero attached hydrogens (tertiary/aromatic N) is 5. The van der Waals surface area contributed by atoms with E-state index >= 15 is 0 Å². The Morgan fingerprint density at radius 3 is 2.96 bits per heavy atom. The number of aromatic carboxylic acids is 1. The van der Waals surface area contributed by atoms with E-state index in [0.717, 1.165) is 0 Å². The van der Waals surface area contributed by atoms with E-state index in [4.69, 9.17) is 9.84 Å². The number of methoxy groups -OCH3 is 1. The monoisotopic (exact) mass is 317 g/mol. The lowest BCUT2D eigenvalue weighted by molar-refractivity contribution is 0.0689. The minimum Gasteiger partial charge on any atom is -0.480 e. The van der Waals surface area contributed by atoms with Crippen molar-refractivity contribution >= 4 is 11.9 Å². The van der Waals surface area contributed by atoms with E-state index < -0.39 is 5.97 Å². The lowest BCUT2D eigenvalue weighted by Gasteiger charge is -2.17. The molecule has 23 heavy (non-hydrogen) atoms. The zero-order chi connectivity index (χ0) is 16.4. The number of hydrogen-bond acceptors (Lipinski definition) is 6. The van der Waals surface area contributed by atoms with Crippen LogP contribution in [0.25, 0.3) is 0 Å². The van der Waals surface area contributed by atoms with E-state index in [-0.39, 0.29) is 23.5 Å². The predicted octanol–water partition coefficient (Wildman–Crippen LogP) is 0.467. The Bertz CT molecular complexity index is 744. The first kappa shape index (κ1) is 14.9. The van der Waals surface area contributed by atoms with Crippen molar-refractivity contribution in [2.45, 2.75) is 12.5 Å². The number of carboxylic acids is 1. The fourth-order valence-electron chi connectivity index (χ4n) is 2.58. The molecule has 0 radical (unpaired) electrons. The van der Waals surface area contributed by atoms with Crippen LogP contribution in [0.15, 0.2) is 24.5 Å². The molecule has 2 aromatic heterocycles. The largest absolute Gasteiger partial charge is 0.480 e. The number of hydrogen-bond donors (Lipinski definition) is 1. The van der Waals surface area contributed by atoms with Crippen molar-refractivity contribution in [3.05, 3.63) is 35.8 Å². The highest BCUT2D eigenvalue weighted by Gasteiger charge is 2.30. The molecule has 1 aliphatic rings. The Morgan fingerprint density at radius 2 is 2.26 bits per heavy atom. The molecule has 9 heteroatoms. The molecule has 2 aromatic rings. The van der Waals surface area contributed by atoms with Gasteiger partial charge in [0.1, 0.15) is 5.56 Å². The van der Waals surface area contributed by atoms with Crippen LogP contribution in [0.1, 0.15) is 33.3 Å². The number of pyridine rings is 1. The van der Waals surface area contributed by atoms with Crippen LogP contribution in [-0.2, 0) is 0 Å². The summed E-state index contributed by atoms with van der Waals surface area (Å²) >= 11 is 0. The molecule has 3 heterocycles. The van der Waals surface area contributed by atoms with Crippen LogP contribution in [0.3, 0.4) is 0 Å². The Labute approximate surface area is 131 Å². The minimum atomic E-state index is -1.12. The molecule has 0 aromatic carbocycles. The molecule has 1 unspecified atom stereocenters. The molecule has 0 spiro atoms. The van der Waals surface area contributed by atoms with Gasteiger partial charge in [0.25, 0.3) is 5.91 Å². The molecule has 0 aliphatic carbocycles. The molecule has 1 saturated heterocycles. The molecular formula is C14H15N5O4. The van der Waals surface area contributed by atoms with Crippen molar-refractivity contribution in [1.82, 2.24) is 24.9 Å². The number of likely N-dealkylation sites (tertiary alicyclic amines) is 1. The average Bonchev–Trinajstić information content (AvgIpc) is 3.23. The van der Waals surface area contributed by atoms with E-state index in [1.54, 1.807) is 23.2 Å². The molecule has 1 aliphatic heterocycles. The summed E-state index contributed by atoms with van der Waals surface area (Å²) in [6.45, 7) is 0.975. The first-order valence-electron chi connectivity index (χ1n) is 7.03. The summed E-state index contributed by atoms with van der Waals surface area (Å²) in [6.07, 6.45) is 3.62. The fraction of sp³-hybridized carbons (Fsp3) is 0.357. The van der Waals surface area contributed by atoms with Gasteiger partial charge < -0.3 is 14.7 Å². The van der Waals surface area contributed by atoms with Gasteiger partial charge in [-0.25, -0.2) is 14.5 Å². The fourth-order valence-corrected chi connectivity index (χ4v) is 2.58. The number of carbonyl (C=O) groups excluding carboxylic acids is 1. The molecule has 1 N–H and O–H groups in total. The van der Waals surface area contributed by atoms with Gasteiger partial charge in [0.15, 0.2) is 5.69 Å². The van der Waals surface area contributed by atoms with Gasteiger partial charge in [-0.1, -0.05) is 5.21 Å². The molecule has 0 saturated carbocycles. The molecule has 1 atom stereocenters. The van der Waals surface area contributed by atoms with Gasteiger partial charge in [-0.05, 0) is 18.6 Å². The quantitative estimate of drug-likeness (QED) is 0.872. The summed E-state index contributed by atoms with van der Waals surface area (Å²) < 4.78 is 6.61. The van der Waals surface area contributed by atoms with Crippen LogP contribution in [0.2, 0.25) is 0 Å². The number of aromatic nitrogens is 4. The average molecular weight is 317 g/mol. The van der Waals surface area contributed by atoms with Crippen LogP contribution in [0, 0.1) is 0 Å². The van der Waals surface area contributed by atoms with E-state index in [2.05, 4.69) is 15.3 Å². The zero-order valence-corrected chi connectivity index (χ0v) is 12.4. The van der Waals surface area contributed by atoms with Crippen molar-refractivity contribution in [3.8, 4) is 5.88 Å². The SMILES string of the molecule is COc1ncccc1C(=O)N1CCC(n2cc(C(=O)O)nn2)C1. The van der Waals surface area contributed by atoms with Crippen LogP contribution in [0.4, 0.5) is 0 Å². The highest BCUT2D eigenvalue weighted by molar-refractivity contribution is 5.96. The lowest BCUT2D eigenvalue weighted by atomic mass is 10.2. The van der Waals surface area contributed by atoms with Gasteiger partial charge in [0, 0.05) is 19.3 Å². The van der Waals surface area contributed by atoms with Crippen LogP contribution >= 0.6 is 0 Å². The molecule has 3 rings (SSSR count). The highest BCUT2D eigenvalue weighted by Crippen LogP contribution is 2.24. The smallest absolute Gasteiger partial charge is 0.358 e. The third-order valence-corrected chi connectivity index (χ3v) is 3.75. The van der Waals surface area contributed by atoms with Gasteiger partial charge in [0.05, 0.1) is 19.3 Å². The van der Waals surface area contributed by atoms with E-state index in [0.29, 0.717) is 25.1 Å². The second-order valence-corrected chi connectivity index (χ2v) is 5.14. The second kappa shape index (κ2) is 6.03. The molecule has 120 valence electrons. The molecule has 9 nitrogen and oxygen atoms in total. The molecule has 0 bridgehead atoms. The topological polar surface area (TPSA) is 110 Å². The summed E-state index contributed by atoms with van der Waals surface area (Å²) in [4.78, 5) is 29.1. The maximum atomic E-state index is 12.6. The third-order valence-electron chi connectivity index (χ3n) is 3.75. The number of ether oxygens (including phenoxy) is 1. The summed E-state index contributed by atoms with van der Waals surface area (Å²) in [6, 6.07) is 3.25. The Morgan fingerprint density at radius 1 is 1.43 bits per heavy atom. The van der Waals surface area contributed by atoms with Crippen LogP contribution < -0.4 is 4.74 Å². The number of carboxylic acid groups (broad SMARTS) is 1. The minimum absolute atomic E-state index is 0.0952. The van der Waals surface area contributed by atoms with Gasteiger partial charge in [-0.3, -0.25) is 4.79 Å². The van der Waals surface area contributed by atoms with E-state index in [1.165, 1.54) is 18.0 Å². The van der Waals surface area contributed by atoms with E-state index in [9.17, 15) is 9.59 Å². The van der Waals surface area contributed by atoms with Gasteiger partial charge >= 0.3 is 5.97 Å². The zero-order valence-electron chi connectivity index (χ0n) is 12.4. The van der Waals surface area contributed by atoms with E-state index in [1.807, 2.05) is 0 Å². The Kier molecular flexibility index (Phi) is 3.92. The number of carbonyl (C=O) groups is 2. The van der Waals surface area contributed by atoms with Crippen molar-refractivity contribution < 1.29 is 19.4 Å². The summed E-state index contributed by atoms with van der Waals surface area (Å²) in [7, 11) is 1.47. The molecule has 1 fully saturated rings. The maximum Gasteiger partial charge on any atom is 0.358 e.